The highest BCUT2D eigenvalue weighted by Crippen LogP contribution is 2.25. The molecule has 1 heterocycles. The van der Waals surface area contributed by atoms with Crippen molar-refractivity contribution >= 4 is 18.4 Å². The molecule has 1 aromatic heterocycles. The summed E-state index contributed by atoms with van der Waals surface area (Å²) < 4.78 is 12.5. The van der Waals surface area contributed by atoms with Gasteiger partial charge in [0.2, 0.25) is 4.77 Å². The van der Waals surface area contributed by atoms with Gasteiger partial charge in [-0.1, -0.05) is 0 Å². The normalized spacial score (nSPS) is 10.9. The zero-order valence-corrected chi connectivity index (χ0v) is 15.7. The molecule has 0 aliphatic carbocycles. The Morgan fingerprint density at radius 2 is 2.07 bits per heavy atom. The smallest absolute Gasteiger partial charge is 0.216 e. The first kappa shape index (κ1) is 18.5. The van der Waals surface area contributed by atoms with Gasteiger partial charge in [-0.15, -0.1) is 0 Å². The Balaban J connectivity index is 1.80. The molecule has 3 N–H and O–H groups in total. The second kappa shape index (κ2) is 8.37. The van der Waals surface area contributed by atoms with E-state index >= 15 is 0 Å². The minimum atomic E-state index is 0.0671. The summed E-state index contributed by atoms with van der Waals surface area (Å²) in [5.41, 5.74) is 4.45. The average molecular weight is 385 g/mol. The number of aromatic hydroxyl groups is 1. The van der Waals surface area contributed by atoms with Crippen LogP contribution >= 0.6 is 12.2 Å². The van der Waals surface area contributed by atoms with Gasteiger partial charge in [-0.25, -0.2) is 10.6 Å². The molecule has 8 nitrogen and oxygen atoms in total. The van der Waals surface area contributed by atoms with Gasteiger partial charge in [0.1, 0.15) is 5.75 Å². The van der Waals surface area contributed by atoms with E-state index in [1.165, 1.54) is 13.2 Å². The van der Waals surface area contributed by atoms with Crippen molar-refractivity contribution in [2.24, 2.45) is 5.10 Å². The second-order valence-corrected chi connectivity index (χ2v) is 5.82. The molecule has 0 aliphatic heterocycles. The fourth-order valence-corrected chi connectivity index (χ4v) is 2.56. The van der Waals surface area contributed by atoms with Crippen LogP contribution in [0.5, 0.6) is 17.2 Å². The number of hydrazone groups is 1. The minimum absolute atomic E-state index is 0.0671. The van der Waals surface area contributed by atoms with E-state index in [0.29, 0.717) is 23.0 Å². The maximum absolute atomic E-state index is 9.64. The fourth-order valence-electron chi connectivity index (χ4n) is 2.39. The Labute approximate surface area is 161 Å². The molecule has 140 valence electrons. The predicted molar refractivity (Wildman–Crippen MR) is 106 cm³/mol. The van der Waals surface area contributed by atoms with Crippen molar-refractivity contribution in [3.63, 3.8) is 0 Å². The molecule has 0 radical (unpaired) electrons. The maximum atomic E-state index is 9.64. The molecule has 27 heavy (non-hydrogen) atoms. The molecule has 0 unspecified atom stereocenters. The first-order valence-corrected chi connectivity index (χ1v) is 8.60. The van der Waals surface area contributed by atoms with Gasteiger partial charge in [0, 0.05) is 5.56 Å². The van der Waals surface area contributed by atoms with Gasteiger partial charge in [-0.05, 0) is 67.2 Å². The van der Waals surface area contributed by atoms with E-state index < -0.39 is 0 Å². The summed E-state index contributed by atoms with van der Waals surface area (Å²) in [6.07, 6.45) is 1.58. The average Bonchev–Trinajstić information content (AvgIpc) is 3.05. The first-order chi connectivity index (χ1) is 13.1. The van der Waals surface area contributed by atoms with Crippen LogP contribution in [0, 0.1) is 4.77 Å². The van der Waals surface area contributed by atoms with E-state index in [9.17, 15) is 5.11 Å². The number of rotatable bonds is 7. The molecule has 3 rings (SSSR count). The number of methoxy groups -OCH3 is 1. The quantitative estimate of drug-likeness (QED) is 0.328. The predicted octanol–water partition coefficient (Wildman–Crippen LogP) is 3.30. The molecule has 0 spiro atoms. The summed E-state index contributed by atoms with van der Waals surface area (Å²) in [5.74, 6) is 1.81. The van der Waals surface area contributed by atoms with Gasteiger partial charge in [0.25, 0.3) is 0 Å². The van der Waals surface area contributed by atoms with Crippen molar-refractivity contribution in [1.82, 2.24) is 14.9 Å². The Morgan fingerprint density at radius 1 is 1.30 bits per heavy atom. The lowest BCUT2D eigenvalue weighted by Gasteiger charge is -2.07. The number of nitrogens with one attached hydrogen (secondary N) is 2. The molecule has 9 heteroatoms. The van der Waals surface area contributed by atoms with Crippen molar-refractivity contribution in [2.75, 3.05) is 19.3 Å². The van der Waals surface area contributed by atoms with Crippen molar-refractivity contribution in [1.29, 1.82) is 0 Å². The molecule has 0 saturated carbocycles. The third kappa shape index (κ3) is 4.26. The SMILES string of the molecule is CCOc1ccc(-c2n[nH]c(=S)n2N/N=C\c2ccc(O)c(OC)c2)cc1. The Bertz CT molecular complexity index is 995. The van der Waals surface area contributed by atoms with Crippen LogP contribution in [0.3, 0.4) is 0 Å². The Morgan fingerprint density at radius 3 is 2.78 bits per heavy atom. The number of phenols is 1. The molecular weight excluding hydrogens is 366 g/mol. The van der Waals surface area contributed by atoms with Crippen LogP contribution in [0.1, 0.15) is 12.5 Å². The lowest BCUT2D eigenvalue weighted by Crippen LogP contribution is -2.10. The van der Waals surface area contributed by atoms with Gasteiger partial charge in [-0.2, -0.15) is 14.9 Å². The van der Waals surface area contributed by atoms with Crippen LogP contribution in [-0.2, 0) is 0 Å². The number of ether oxygens (including phenoxy) is 2. The number of benzene rings is 2. The van der Waals surface area contributed by atoms with E-state index in [0.717, 1.165) is 16.9 Å². The molecule has 0 atom stereocenters. The number of hydrogen-bond donors (Lipinski definition) is 3. The fraction of sp³-hybridized carbons (Fsp3) is 0.167. The maximum Gasteiger partial charge on any atom is 0.216 e. The summed E-state index contributed by atoms with van der Waals surface area (Å²) in [5, 5.41) is 20.8. The highest BCUT2D eigenvalue weighted by Gasteiger charge is 2.08. The molecule has 3 aromatic rings. The summed E-state index contributed by atoms with van der Waals surface area (Å²) >= 11 is 5.26. The van der Waals surface area contributed by atoms with E-state index in [1.807, 2.05) is 31.2 Å². The molecule has 0 fully saturated rings. The van der Waals surface area contributed by atoms with Gasteiger partial charge in [-0.3, -0.25) is 0 Å². The van der Waals surface area contributed by atoms with Crippen LogP contribution < -0.4 is 15.0 Å². The summed E-state index contributed by atoms with van der Waals surface area (Å²) in [4.78, 5) is 0. The lowest BCUT2D eigenvalue weighted by atomic mass is 10.2. The summed E-state index contributed by atoms with van der Waals surface area (Å²) in [7, 11) is 1.49. The zero-order chi connectivity index (χ0) is 19.2. The highest BCUT2D eigenvalue weighted by molar-refractivity contribution is 7.71. The number of H-pyrrole nitrogens is 1. The van der Waals surface area contributed by atoms with Gasteiger partial charge in [0.15, 0.2) is 17.3 Å². The topological polar surface area (TPSA) is 96.7 Å². The molecule has 0 bridgehead atoms. The lowest BCUT2D eigenvalue weighted by molar-refractivity contribution is 0.340. The zero-order valence-electron chi connectivity index (χ0n) is 14.8. The van der Waals surface area contributed by atoms with Crippen molar-refractivity contribution in [3.05, 3.63) is 52.8 Å². The van der Waals surface area contributed by atoms with Crippen LogP contribution in [0.4, 0.5) is 0 Å². The number of nitrogens with zero attached hydrogens (tertiary/aromatic N) is 3. The molecule has 0 amide bonds. The van der Waals surface area contributed by atoms with Gasteiger partial charge < -0.3 is 14.6 Å². The number of phenolic OH excluding ortho intramolecular Hbond substituents is 1. The van der Waals surface area contributed by atoms with E-state index in [2.05, 4.69) is 20.8 Å². The Hall–Kier alpha value is -3.33. The number of aromatic amines is 1. The second-order valence-electron chi connectivity index (χ2n) is 5.43. The van der Waals surface area contributed by atoms with Crippen LogP contribution in [0.15, 0.2) is 47.6 Å². The minimum Gasteiger partial charge on any atom is -0.504 e. The number of hydrogen-bond acceptors (Lipinski definition) is 7. The van der Waals surface area contributed by atoms with E-state index in [-0.39, 0.29) is 5.75 Å². The third-order valence-electron chi connectivity index (χ3n) is 3.67. The first-order valence-electron chi connectivity index (χ1n) is 8.19. The third-order valence-corrected chi connectivity index (χ3v) is 3.94. The highest BCUT2D eigenvalue weighted by atomic mass is 32.1. The molecular formula is C18H19N5O3S. The van der Waals surface area contributed by atoms with Crippen LogP contribution in [0.25, 0.3) is 11.4 Å². The molecule has 2 aromatic carbocycles. The van der Waals surface area contributed by atoms with Gasteiger partial charge in [0.05, 0.1) is 19.9 Å². The van der Waals surface area contributed by atoms with Crippen LogP contribution in [0.2, 0.25) is 0 Å². The molecule has 0 aliphatic rings. The summed E-state index contributed by atoms with van der Waals surface area (Å²) in [6.45, 7) is 2.54. The van der Waals surface area contributed by atoms with Gasteiger partial charge >= 0.3 is 0 Å². The largest absolute Gasteiger partial charge is 0.504 e. The monoisotopic (exact) mass is 385 g/mol. The van der Waals surface area contributed by atoms with E-state index in [1.54, 1.807) is 23.0 Å². The standard InChI is InChI=1S/C18H19N5O3S/c1-3-26-14-7-5-13(6-8-14)17-20-21-18(27)23(17)22-19-11-12-4-9-15(24)16(10-12)25-2/h4-11,22,24H,3H2,1-2H3,(H,21,27)/b19-11-. The van der Waals surface area contributed by atoms with E-state index in [4.69, 9.17) is 21.7 Å². The van der Waals surface area contributed by atoms with Crippen molar-refractivity contribution in [2.45, 2.75) is 6.92 Å². The van der Waals surface area contributed by atoms with Crippen LogP contribution in [-0.4, -0.2) is 39.9 Å². The molecule has 0 saturated heterocycles. The summed E-state index contributed by atoms with van der Waals surface area (Å²) in [6, 6.07) is 12.4. The van der Waals surface area contributed by atoms with Crippen molar-refractivity contribution in [3.8, 4) is 28.6 Å². The Kier molecular flexibility index (Phi) is 5.72. The van der Waals surface area contributed by atoms with Crippen molar-refractivity contribution < 1.29 is 14.6 Å². The number of aromatic nitrogens is 3.